The van der Waals surface area contributed by atoms with Gasteiger partial charge in [0.15, 0.2) is 5.16 Å². The Balaban J connectivity index is 2.33. The van der Waals surface area contributed by atoms with E-state index in [0.29, 0.717) is 0 Å². The monoisotopic (exact) mass is 296 g/mol. The third-order valence-corrected chi connectivity index (χ3v) is 4.29. The Bertz CT molecular complexity index is 446. The number of nitrogens with two attached hydrogens (primary N) is 1. The summed E-state index contributed by atoms with van der Waals surface area (Å²) in [6, 6.07) is 1.97. The molecule has 0 aliphatic rings. The highest BCUT2D eigenvalue weighted by molar-refractivity contribution is 7.99. The predicted molar refractivity (Wildman–Crippen MR) is 82.7 cm³/mol. The molecule has 1 heterocycles. The van der Waals surface area contributed by atoms with Gasteiger partial charge in [0.05, 0.1) is 5.54 Å². The average molecular weight is 296 g/mol. The minimum Gasteiger partial charge on any atom is -0.368 e. The molecule has 1 amide bonds. The second kappa shape index (κ2) is 7.59. The van der Waals surface area contributed by atoms with E-state index in [-0.39, 0.29) is 5.91 Å². The van der Waals surface area contributed by atoms with Crippen LogP contribution in [0.2, 0.25) is 0 Å². The summed E-state index contributed by atoms with van der Waals surface area (Å²) in [5, 5.41) is 3.82. The van der Waals surface area contributed by atoms with E-state index in [4.69, 9.17) is 5.73 Å². The molecule has 0 aliphatic carbocycles. The van der Waals surface area contributed by atoms with Gasteiger partial charge in [0.25, 0.3) is 0 Å². The summed E-state index contributed by atoms with van der Waals surface area (Å²) in [6.07, 6.45) is 2.69. The summed E-state index contributed by atoms with van der Waals surface area (Å²) in [6.45, 7) is 5.80. The van der Waals surface area contributed by atoms with Gasteiger partial charge < -0.3 is 11.1 Å². The zero-order valence-electron chi connectivity index (χ0n) is 12.7. The third-order valence-electron chi connectivity index (χ3n) is 3.36. The SMILES string of the molecule is CNC(C)(CCCCSc1nc(C)cc(C)n1)C(N)=O. The van der Waals surface area contributed by atoms with Gasteiger partial charge in [-0.15, -0.1) is 0 Å². The highest BCUT2D eigenvalue weighted by Crippen LogP contribution is 2.18. The van der Waals surface area contributed by atoms with E-state index in [1.54, 1.807) is 18.8 Å². The number of amides is 1. The van der Waals surface area contributed by atoms with E-state index in [1.807, 2.05) is 26.8 Å². The highest BCUT2D eigenvalue weighted by Gasteiger charge is 2.27. The van der Waals surface area contributed by atoms with Crippen molar-refractivity contribution in [1.82, 2.24) is 15.3 Å². The molecule has 0 saturated carbocycles. The first kappa shape index (κ1) is 16.9. The Kier molecular flexibility index (Phi) is 6.42. The molecule has 0 radical (unpaired) electrons. The van der Waals surface area contributed by atoms with E-state index in [1.165, 1.54) is 0 Å². The molecule has 6 heteroatoms. The van der Waals surface area contributed by atoms with Crippen molar-refractivity contribution in [3.8, 4) is 0 Å². The number of carbonyl (C=O) groups excluding carboxylic acids is 1. The average Bonchev–Trinajstić information content (AvgIpc) is 2.36. The van der Waals surface area contributed by atoms with Crippen molar-refractivity contribution in [3.63, 3.8) is 0 Å². The first-order chi connectivity index (χ1) is 9.37. The zero-order valence-corrected chi connectivity index (χ0v) is 13.5. The number of thioether (sulfide) groups is 1. The van der Waals surface area contributed by atoms with E-state index >= 15 is 0 Å². The van der Waals surface area contributed by atoms with E-state index in [2.05, 4.69) is 15.3 Å². The van der Waals surface area contributed by atoms with Crippen LogP contribution in [-0.4, -0.2) is 34.2 Å². The van der Waals surface area contributed by atoms with E-state index in [0.717, 1.165) is 41.6 Å². The lowest BCUT2D eigenvalue weighted by molar-refractivity contribution is -0.123. The molecule has 3 N–H and O–H groups in total. The van der Waals surface area contributed by atoms with Crippen molar-refractivity contribution in [1.29, 1.82) is 0 Å². The Morgan fingerprint density at radius 1 is 1.35 bits per heavy atom. The minimum absolute atomic E-state index is 0.301. The summed E-state index contributed by atoms with van der Waals surface area (Å²) in [5.74, 6) is 0.645. The third kappa shape index (κ3) is 5.09. The Morgan fingerprint density at radius 2 is 1.95 bits per heavy atom. The fourth-order valence-corrected chi connectivity index (χ4v) is 2.82. The zero-order chi connectivity index (χ0) is 15.2. The molecule has 0 aromatic carbocycles. The molecule has 20 heavy (non-hydrogen) atoms. The van der Waals surface area contributed by atoms with Crippen LogP contribution in [0.5, 0.6) is 0 Å². The van der Waals surface area contributed by atoms with Crippen LogP contribution in [0, 0.1) is 13.8 Å². The summed E-state index contributed by atoms with van der Waals surface area (Å²) < 4.78 is 0. The number of hydrogen-bond acceptors (Lipinski definition) is 5. The van der Waals surface area contributed by atoms with Crippen molar-refractivity contribution in [3.05, 3.63) is 17.5 Å². The van der Waals surface area contributed by atoms with Crippen molar-refractivity contribution in [2.24, 2.45) is 5.73 Å². The number of hydrogen-bond donors (Lipinski definition) is 2. The van der Waals surface area contributed by atoms with Crippen LogP contribution >= 0.6 is 11.8 Å². The number of likely N-dealkylation sites (N-methyl/N-ethyl adjacent to an activating group) is 1. The lowest BCUT2D eigenvalue weighted by Gasteiger charge is -2.25. The van der Waals surface area contributed by atoms with Crippen LogP contribution in [0.15, 0.2) is 11.2 Å². The Hall–Kier alpha value is -1.14. The molecule has 0 aliphatic heterocycles. The molecule has 5 nitrogen and oxygen atoms in total. The summed E-state index contributed by atoms with van der Waals surface area (Å²) in [4.78, 5) is 20.1. The fourth-order valence-electron chi connectivity index (χ4n) is 1.87. The van der Waals surface area contributed by atoms with Crippen LogP contribution < -0.4 is 11.1 Å². The van der Waals surface area contributed by atoms with Crippen molar-refractivity contribution < 1.29 is 4.79 Å². The maximum Gasteiger partial charge on any atom is 0.237 e. The summed E-state index contributed by atoms with van der Waals surface area (Å²) in [5.41, 5.74) is 6.78. The number of primary amides is 1. The molecule has 1 rings (SSSR count). The first-order valence-electron chi connectivity index (χ1n) is 6.81. The quantitative estimate of drug-likeness (QED) is 0.434. The number of aryl methyl sites for hydroxylation is 2. The number of aromatic nitrogens is 2. The van der Waals surface area contributed by atoms with Gasteiger partial charge in [-0.2, -0.15) is 0 Å². The Labute approximate surface area is 125 Å². The number of nitrogens with zero attached hydrogens (tertiary/aromatic N) is 2. The van der Waals surface area contributed by atoms with Gasteiger partial charge in [0, 0.05) is 17.1 Å². The molecular weight excluding hydrogens is 272 g/mol. The molecule has 1 atom stereocenters. The van der Waals surface area contributed by atoms with Gasteiger partial charge in [-0.05, 0) is 46.7 Å². The standard InChI is InChI=1S/C14H24N4OS/c1-10-9-11(2)18-13(17-10)20-8-6-5-7-14(3,16-4)12(15)19/h9,16H,5-8H2,1-4H3,(H2,15,19). The maximum atomic E-state index is 11.3. The molecule has 1 unspecified atom stereocenters. The summed E-state index contributed by atoms with van der Waals surface area (Å²) in [7, 11) is 1.77. The first-order valence-corrected chi connectivity index (χ1v) is 7.80. The largest absolute Gasteiger partial charge is 0.368 e. The van der Waals surface area contributed by atoms with E-state index < -0.39 is 5.54 Å². The lowest BCUT2D eigenvalue weighted by atomic mass is 9.94. The number of unbranched alkanes of at least 4 members (excludes halogenated alkanes) is 1. The van der Waals surface area contributed by atoms with Gasteiger partial charge in [0.1, 0.15) is 0 Å². The van der Waals surface area contributed by atoms with Gasteiger partial charge in [0.2, 0.25) is 5.91 Å². The molecule has 0 spiro atoms. The molecule has 0 saturated heterocycles. The maximum absolute atomic E-state index is 11.3. The molecule has 1 aromatic rings. The van der Waals surface area contributed by atoms with Crippen LogP contribution in [0.25, 0.3) is 0 Å². The molecule has 112 valence electrons. The topological polar surface area (TPSA) is 80.9 Å². The fraction of sp³-hybridized carbons (Fsp3) is 0.643. The van der Waals surface area contributed by atoms with Gasteiger partial charge in [-0.1, -0.05) is 18.2 Å². The molecule has 1 aromatic heterocycles. The lowest BCUT2D eigenvalue weighted by Crippen LogP contribution is -2.51. The van der Waals surface area contributed by atoms with Crippen molar-refractivity contribution in [2.45, 2.75) is 50.7 Å². The molecular formula is C14H24N4OS. The summed E-state index contributed by atoms with van der Waals surface area (Å²) >= 11 is 1.66. The van der Waals surface area contributed by atoms with Crippen molar-refractivity contribution >= 4 is 17.7 Å². The second-order valence-electron chi connectivity index (χ2n) is 5.19. The second-order valence-corrected chi connectivity index (χ2v) is 6.25. The molecule has 0 fully saturated rings. The van der Waals surface area contributed by atoms with Gasteiger partial charge >= 0.3 is 0 Å². The normalized spacial score (nSPS) is 14.0. The minimum atomic E-state index is -0.610. The molecule has 0 bridgehead atoms. The predicted octanol–water partition coefficient (Wildman–Crippen LogP) is 1.82. The Morgan fingerprint density at radius 3 is 2.45 bits per heavy atom. The van der Waals surface area contributed by atoms with Crippen LogP contribution in [0.4, 0.5) is 0 Å². The van der Waals surface area contributed by atoms with Crippen LogP contribution in [0.1, 0.15) is 37.6 Å². The van der Waals surface area contributed by atoms with Gasteiger partial charge in [-0.25, -0.2) is 9.97 Å². The van der Waals surface area contributed by atoms with E-state index in [9.17, 15) is 4.79 Å². The highest BCUT2D eigenvalue weighted by atomic mass is 32.2. The number of nitrogens with one attached hydrogen (secondary N) is 1. The van der Waals surface area contributed by atoms with Crippen LogP contribution in [0.3, 0.4) is 0 Å². The number of rotatable bonds is 8. The smallest absolute Gasteiger partial charge is 0.237 e. The number of carbonyl (C=O) groups is 1. The van der Waals surface area contributed by atoms with Crippen molar-refractivity contribution in [2.75, 3.05) is 12.8 Å². The van der Waals surface area contributed by atoms with Crippen LogP contribution in [-0.2, 0) is 4.79 Å². The van der Waals surface area contributed by atoms with Gasteiger partial charge in [-0.3, -0.25) is 4.79 Å².